The van der Waals surface area contributed by atoms with Crippen LogP contribution in [0.25, 0.3) is 0 Å². The van der Waals surface area contributed by atoms with Gasteiger partial charge < -0.3 is 5.32 Å². The van der Waals surface area contributed by atoms with E-state index in [1.807, 2.05) is 0 Å². The van der Waals surface area contributed by atoms with Crippen LogP contribution in [0.2, 0.25) is 0 Å². The van der Waals surface area contributed by atoms with E-state index in [-0.39, 0.29) is 5.41 Å². The van der Waals surface area contributed by atoms with Crippen molar-refractivity contribution in [3.05, 3.63) is 35.4 Å². The number of fused-ring (bicyclic) bond motifs is 2. The number of benzene rings is 1. The van der Waals surface area contributed by atoms with E-state index in [2.05, 4.69) is 12.2 Å². The van der Waals surface area contributed by atoms with Gasteiger partial charge in [0.2, 0.25) is 0 Å². The van der Waals surface area contributed by atoms with E-state index in [1.165, 1.54) is 37.8 Å². The first-order chi connectivity index (χ1) is 10.1. The highest BCUT2D eigenvalue weighted by atomic mass is 19.2. The molecule has 2 saturated carbocycles. The van der Waals surface area contributed by atoms with Crippen LogP contribution in [0.4, 0.5) is 8.78 Å². The topological polar surface area (TPSA) is 12.0 Å². The van der Waals surface area contributed by atoms with Gasteiger partial charge in [0, 0.05) is 6.54 Å². The third-order valence-corrected chi connectivity index (χ3v) is 5.55. The van der Waals surface area contributed by atoms with Crippen LogP contribution in [0.5, 0.6) is 0 Å². The summed E-state index contributed by atoms with van der Waals surface area (Å²) in [5.74, 6) is 0.140. The van der Waals surface area contributed by atoms with Gasteiger partial charge in [-0.05, 0) is 73.6 Å². The van der Waals surface area contributed by atoms with Gasteiger partial charge in [-0.3, -0.25) is 0 Å². The van der Waals surface area contributed by atoms with Gasteiger partial charge in [-0.25, -0.2) is 8.78 Å². The lowest BCUT2D eigenvalue weighted by Gasteiger charge is -2.38. The third-order valence-electron chi connectivity index (χ3n) is 5.55. The van der Waals surface area contributed by atoms with Crippen molar-refractivity contribution in [1.29, 1.82) is 0 Å². The van der Waals surface area contributed by atoms with E-state index < -0.39 is 11.6 Å². The van der Waals surface area contributed by atoms with E-state index in [0.717, 1.165) is 43.3 Å². The summed E-state index contributed by atoms with van der Waals surface area (Å²) >= 11 is 0. The second kappa shape index (κ2) is 6.04. The highest BCUT2D eigenvalue weighted by Crippen LogP contribution is 2.57. The molecule has 0 aliphatic heterocycles. The van der Waals surface area contributed by atoms with Gasteiger partial charge in [0.05, 0.1) is 0 Å². The van der Waals surface area contributed by atoms with Crippen LogP contribution in [-0.4, -0.2) is 13.1 Å². The highest BCUT2D eigenvalue weighted by molar-refractivity contribution is 5.21. The summed E-state index contributed by atoms with van der Waals surface area (Å²) in [7, 11) is 0. The van der Waals surface area contributed by atoms with Gasteiger partial charge in [-0.2, -0.15) is 0 Å². The maximum Gasteiger partial charge on any atom is 0.159 e. The molecule has 0 spiro atoms. The van der Waals surface area contributed by atoms with Crippen LogP contribution in [0.3, 0.4) is 0 Å². The average Bonchev–Trinajstić information content (AvgIpc) is 3.04. The van der Waals surface area contributed by atoms with Gasteiger partial charge in [0.1, 0.15) is 0 Å². The molecule has 116 valence electrons. The van der Waals surface area contributed by atoms with Crippen molar-refractivity contribution < 1.29 is 8.78 Å². The third kappa shape index (κ3) is 2.98. The van der Waals surface area contributed by atoms with Crippen molar-refractivity contribution in [2.45, 2.75) is 45.4 Å². The summed E-state index contributed by atoms with van der Waals surface area (Å²) in [5.41, 5.74) is 1.20. The van der Waals surface area contributed by atoms with Crippen LogP contribution in [0.1, 0.15) is 44.6 Å². The van der Waals surface area contributed by atoms with Crippen molar-refractivity contribution in [3.8, 4) is 0 Å². The Hall–Kier alpha value is -0.960. The Morgan fingerprint density at radius 3 is 2.71 bits per heavy atom. The smallest absolute Gasteiger partial charge is 0.159 e. The summed E-state index contributed by atoms with van der Waals surface area (Å²) in [6.45, 7) is 4.23. The Labute approximate surface area is 126 Å². The monoisotopic (exact) mass is 293 g/mol. The van der Waals surface area contributed by atoms with E-state index >= 15 is 0 Å². The van der Waals surface area contributed by atoms with E-state index in [9.17, 15) is 8.78 Å². The Morgan fingerprint density at radius 2 is 2.10 bits per heavy atom. The predicted molar refractivity (Wildman–Crippen MR) is 81.1 cm³/mol. The van der Waals surface area contributed by atoms with Crippen LogP contribution < -0.4 is 5.32 Å². The SMILES string of the molecule is CCCNCC1(Cc2ccc(F)c(F)c2)CC2CCC1C2. The lowest BCUT2D eigenvalue weighted by Crippen LogP contribution is -2.40. The lowest BCUT2D eigenvalue weighted by molar-refractivity contribution is 0.156. The molecule has 1 aromatic carbocycles. The first-order valence-corrected chi connectivity index (χ1v) is 8.27. The molecule has 3 rings (SSSR count). The largest absolute Gasteiger partial charge is 0.316 e. The standard InChI is InChI=1S/C18H25F2N/c1-2-7-21-12-18(10-13-3-5-15(18)8-13)11-14-4-6-16(19)17(20)9-14/h4,6,9,13,15,21H,2-3,5,7-8,10-12H2,1H3. The zero-order chi connectivity index (χ0) is 14.9. The Bertz CT molecular complexity index is 502. The maximum atomic E-state index is 13.5. The van der Waals surface area contributed by atoms with Crippen molar-refractivity contribution in [2.75, 3.05) is 13.1 Å². The molecule has 0 radical (unpaired) electrons. The van der Waals surface area contributed by atoms with E-state index in [1.54, 1.807) is 6.07 Å². The summed E-state index contributed by atoms with van der Waals surface area (Å²) in [5, 5.41) is 3.58. The zero-order valence-electron chi connectivity index (χ0n) is 12.8. The normalized spacial score (nSPS) is 31.0. The fourth-order valence-electron chi connectivity index (χ4n) is 4.62. The molecule has 3 unspecified atom stereocenters. The second-order valence-electron chi connectivity index (χ2n) is 7.04. The summed E-state index contributed by atoms with van der Waals surface area (Å²) in [4.78, 5) is 0. The number of hydrogen-bond donors (Lipinski definition) is 1. The second-order valence-corrected chi connectivity index (χ2v) is 7.04. The number of hydrogen-bond acceptors (Lipinski definition) is 1. The van der Waals surface area contributed by atoms with Crippen LogP contribution in [-0.2, 0) is 6.42 Å². The molecule has 2 bridgehead atoms. The molecule has 1 aromatic rings. The molecule has 2 aliphatic carbocycles. The van der Waals surface area contributed by atoms with Gasteiger partial charge in [-0.15, -0.1) is 0 Å². The molecule has 1 N–H and O–H groups in total. The molecular weight excluding hydrogens is 268 g/mol. The van der Waals surface area contributed by atoms with Gasteiger partial charge in [0.15, 0.2) is 11.6 Å². The Kier molecular flexibility index (Phi) is 4.30. The first-order valence-electron chi connectivity index (χ1n) is 8.27. The van der Waals surface area contributed by atoms with Crippen LogP contribution in [0, 0.1) is 28.9 Å². The van der Waals surface area contributed by atoms with Crippen molar-refractivity contribution in [1.82, 2.24) is 5.32 Å². The molecule has 2 fully saturated rings. The predicted octanol–water partition coefficient (Wildman–Crippen LogP) is 4.31. The minimum atomic E-state index is -0.746. The molecule has 0 saturated heterocycles. The minimum Gasteiger partial charge on any atom is -0.316 e. The van der Waals surface area contributed by atoms with E-state index in [0.29, 0.717) is 0 Å². The average molecular weight is 293 g/mol. The van der Waals surface area contributed by atoms with Crippen LogP contribution in [0.15, 0.2) is 18.2 Å². The number of nitrogens with one attached hydrogen (secondary N) is 1. The molecule has 2 aliphatic rings. The lowest BCUT2D eigenvalue weighted by atomic mass is 9.69. The number of halogens is 2. The molecule has 0 aromatic heterocycles. The fraction of sp³-hybridized carbons (Fsp3) is 0.667. The zero-order valence-corrected chi connectivity index (χ0v) is 12.8. The minimum absolute atomic E-state index is 0.252. The first kappa shape index (κ1) is 15.0. The Balaban J connectivity index is 1.77. The molecular formula is C18H25F2N. The quantitative estimate of drug-likeness (QED) is 0.771. The molecule has 3 atom stereocenters. The van der Waals surface area contributed by atoms with Gasteiger partial charge in [-0.1, -0.05) is 19.4 Å². The molecule has 3 heteroatoms. The molecule has 0 heterocycles. The number of rotatable bonds is 6. The van der Waals surface area contributed by atoms with Gasteiger partial charge in [0.25, 0.3) is 0 Å². The molecule has 1 nitrogen and oxygen atoms in total. The van der Waals surface area contributed by atoms with Crippen molar-refractivity contribution in [2.24, 2.45) is 17.3 Å². The summed E-state index contributed by atoms with van der Waals surface area (Å²) in [6.07, 6.45) is 7.25. The van der Waals surface area contributed by atoms with Crippen molar-refractivity contribution >= 4 is 0 Å². The molecule has 0 amide bonds. The van der Waals surface area contributed by atoms with Crippen molar-refractivity contribution in [3.63, 3.8) is 0 Å². The highest BCUT2D eigenvalue weighted by Gasteiger charge is 2.50. The van der Waals surface area contributed by atoms with Crippen LogP contribution >= 0.6 is 0 Å². The summed E-state index contributed by atoms with van der Waals surface area (Å²) < 4.78 is 26.6. The Morgan fingerprint density at radius 1 is 1.24 bits per heavy atom. The fourth-order valence-corrected chi connectivity index (χ4v) is 4.62. The summed E-state index contributed by atoms with van der Waals surface area (Å²) in [6, 6.07) is 4.42. The molecule has 21 heavy (non-hydrogen) atoms. The van der Waals surface area contributed by atoms with E-state index in [4.69, 9.17) is 0 Å². The van der Waals surface area contributed by atoms with Gasteiger partial charge >= 0.3 is 0 Å². The maximum absolute atomic E-state index is 13.5.